The van der Waals surface area contributed by atoms with Gasteiger partial charge >= 0.3 is 0 Å². The number of amides is 1. The van der Waals surface area contributed by atoms with Crippen LogP contribution in [0.25, 0.3) is 0 Å². The monoisotopic (exact) mass is 357 g/mol. The van der Waals surface area contributed by atoms with Crippen molar-refractivity contribution in [3.8, 4) is 5.75 Å². The SMILES string of the molecule is Cc1cc(OC(C)C(=O)Nc2cccc(Cl)c2)c(Cl)cc1Cl. The van der Waals surface area contributed by atoms with E-state index in [9.17, 15) is 4.79 Å². The van der Waals surface area contributed by atoms with Gasteiger partial charge in [0.15, 0.2) is 6.10 Å². The number of rotatable bonds is 4. The molecule has 1 amide bonds. The van der Waals surface area contributed by atoms with Crippen LogP contribution in [0.1, 0.15) is 12.5 Å². The van der Waals surface area contributed by atoms with Gasteiger partial charge in [-0.05, 0) is 49.7 Å². The van der Waals surface area contributed by atoms with E-state index in [0.29, 0.717) is 26.5 Å². The number of halogens is 3. The highest BCUT2D eigenvalue weighted by atomic mass is 35.5. The minimum absolute atomic E-state index is 0.300. The van der Waals surface area contributed by atoms with Gasteiger partial charge in [-0.1, -0.05) is 40.9 Å². The van der Waals surface area contributed by atoms with Gasteiger partial charge in [0, 0.05) is 15.7 Å². The number of hydrogen-bond acceptors (Lipinski definition) is 2. The molecular weight excluding hydrogens is 345 g/mol. The molecule has 0 aliphatic heterocycles. The second-order valence-electron chi connectivity index (χ2n) is 4.79. The maximum atomic E-state index is 12.1. The maximum Gasteiger partial charge on any atom is 0.265 e. The molecule has 0 fully saturated rings. The fourth-order valence-electron chi connectivity index (χ4n) is 1.78. The van der Waals surface area contributed by atoms with Crippen LogP contribution in [0.3, 0.4) is 0 Å². The lowest BCUT2D eigenvalue weighted by Crippen LogP contribution is -2.30. The van der Waals surface area contributed by atoms with Crippen LogP contribution in [-0.2, 0) is 4.79 Å². The topological polar surface area (TPSA) is 38.3 Å². The van der Waals surface area contributed by atoms with Crippen LogP contribution in [0.5, 0.6) is 5.75 Å². The molecule has 0 saturated carbocycles. The number of anilines is 1. The van der Waals surface area contributed by atoms with Crippen LogP contribution >= 0.6 is 34.8 Å². The Labute approximate surface area is 144 Å². The van der Waals surface area contributed by atoms with Gasteiger partial charge in [0.05, 0.1) is 5.02 Å². The molecule has 22 heavy (non-hydrogen) atoms. The van der Waals surface area contributed by atoms with E-state index < -0.39 is 6.10 Å². The summed E-state index contributed by atoms with van der Waals surface area (Å²) in [6, 6.07) is 10.2. The summed E-state index contributed by atoms with van der Waals surface area (Å²) in [6.45, 7) is 3.47. The van der Waals surface area contributed by atoms with E-state index >= 15 is 0 Å². The number of carbonyl (C=O) groups excluding carboxylic acids is 1. The summed E-state index contributed by atoms with van der Waals surface area (Å²) in [7, 11) is 0. The lowest BCUT2D eigenvalue weighted by atomic mass is 10.2. The molecule has 3 nitrogen and oxygen atoms in total. The van der Waals surface area contributed by atoms with Gasteiger partial charge in [0.1, 0.15) is 5.75 Å². The first kappa shape index (κ1) is 16.9. The number of carbonyl (C=O) groups is 1. The van der Waals surface area contributed by atoms with Crippen molar-refractivity contribution in [1.82, 2.24) is 0 Å². The third-order valence-corrected chi connectivity index (χ3v) is 3.92. The average Bonchev–Trinajstić information content (AvgIpc) is 2.44. The Morgan fingerprint density at radius 2 is 1.86 bits per heavy atom. The molecule has 6 heteroatoms. The molecule has 0 saturated heterocycles. The van der Waals surface area contributed by atoms with Crippen molar-refractivity contribution < 1.29 is 9.53 Å². The van der Waals surface area contributed by atoms with Gasteiger partial charge in [-0.3, -0.25) is 4.79 Å². The molecule has 1 atom stereocenters. The summed E-state index contributed by atoms with van der Waals surface area (Å²) in [4.78, 5) is 12.1. The molecule has 0 heterocycles. The Morgan fingerprint density at radius 1 is 1.14 bits per heavy atom. The van der Waals surface area contributed by atoms with Gasteiger partial charge in [0.2, 0.25) is 0 Å². The van der Waals surface area contributed by atoms with E-state index in [-0.39, 0.29) is 5.91 Å². The molecule has 116 valence electrons. The average molecular weight is 359 g/mol. The Hall–Kier alpha value is -1.42. The second kappa shape index (κ2) is 7.23. The fraction of sp³-hybridized carbons (Fsp3) is 0.188. The second-order valence-corrected chi connectivity index (χ2v) is 6.04. The maximum absolute atomic E-state index is 12.1. The Bertz CT molecular complexity index is 704. The van der Waals surface area contributed by atoms with Crippen molar-refractivity contribution in [3.05, 3.63) is 57.0 Å². The van der Waals surface area contributed by atoms with E-state index in [1.165, 1.54) is 0 Å². The quantitative estimate of drug-likeness (QED) is 0.799. The Morgan fingerprint density at radius 3 is 2.55 bits per heavy atom. The molecular formula is C16H14Cl3NO2. The van der Waals surface area contributed by atoms with Crippen molar-refractivity contribution >= 4 is 46.4 Å². The smallest absolute Gasteiger partial charge is 0.265 e. The third kappa shape index (κ3) is 4.29. The molecule has 0 radical (unpaired) electrons. The molecule has 0 bridgehead atoms. The van der Waals surface area contributed by atoms with Crippen LogP contribution in [0, 0.1) is 6.92 Å². The number of hydrogen-bond donors (Lipinski definition) is 1. The van der Waals surface area contributed by atoms with Crippen molar-refractivity contribution in [2.75, 3.05) is 5.32 Å². The summed E-state index contributed by atoms with van der Waals surface area (Å²) in [6.07, 6.45) is -0.725. The summed E-state index contributed by atoms with van der Waals surface area (Å²) in [5.74, 6) is 0.114. The van der Waals surface area contributed by atoms with Crippen molar-refractivity contribution in [2.24, 2.45) is 0 Å². The summed E-state index contributed by atoms with van der Waals surface area (Å²) in [5, 5.41) is 4.18. The van der Waals surface area contributed by atoms with E-state index in [0.717, 1.165) is 5.56 Å². The summed E-state index contributed by atoms with van der Waals surface area (Å²) in [5.41, 5.74) is 1.43. The Balaban J connectivity index is 2.07. The molecule has 0 spiro atoms. The zero-order valence-corrected chi connectivity index (χ0v) is 14.3. The highest BCUT2D eigenvalue weighted by molar-refractivity contribution is 6.36. The molecule has 0 aliphatic carbocycles. The van der Waals surface area contributed by atoms with E-state index in [4.69, 9.17) is 39.5 Å². The van der Waals surface area contributed by atoms with Crippen LogP contribution in [-0.4, -0.2) is 12.0 Å². The normalized spacial score (nSPS) is 11.9. The van der Waals surface area contributed by atoms with Gasteiger partial charge in [-0.2, -0.15) is 0 Å². The van der Waals surface area contributed by atoms with E-state index in [2.05, 4.69) is 5.32 Å². The highest BCUT2D eigenvalue weighted by Crippen LogP contribution is 2.31. The first-order valence-corrected chi connectivity index (χ1v) is 7.69. The number of aryl methyl sites for hydroxylation is 1. The largest absolute Gasteiger partial charge is 0.479 e. The van der Waals surface area contributed by atoms with E-state index in [1.807, 2.05) is 6.92 Å². The standard InChI is InChI=1S/C16H14Cl3NO2/c1-9-6-15(14(19)8-13(9)18)22-10(2)16(21)20-12-5-3-4-11(17)7-12/h3-8,10H,1-2H3,(H,20,21). The van der Waals surface area contributed by atoms with Crippen molar-refractivity contribution in [2.45, 2.75) is 20.0 Å². The molecule has 2 aromatic carbocycles. The number of ether oxygens (including phenoxy) is 1. The van der Waals surface area contributed by atoms with Crippen molar-refractivity contribution in [1.29, 1.82) is 0 Å². The predicted molar refractivity (Wildman–Crippen MR) is 91.4 cm³/mol. The number of nitrogens with one attached hydrogen (secondary N) is 1. The summed E-state index contributed by atoms with van der Waals surface area (Å²) < 4.78 is 5.61. The highest BCUT2D eigenvalue weighted by Gasteiger charge is 2.17. The fourth-order valence-corrected chi connectivity index (χ4v) is 2.39. The molecule has 2 aromatic rings. The molecule has 1 unspecified atom stereocenters. The zero-order chi connectivity index (χ0) is 16.3. The van der Waals surface area contributed by atoms with Gasteiger partial charge in [0.25, 0.3) is 5.91 Å². The van der Waals surface area contributed by atoms with Crippen LogP contribution < -0.4 is 10.1 Å². The first-order valence-electron chi connectivity index (χ1n) is 6.55. The lowest BCUT2D eigenvalue weighted by Gasteiger charge is -2.16. The zero-order valence-electron chi connectivity index (χ0n) is 12.0. The molecule has 2 rings (SSSR count). The van der Waals surface area contributed by atoms with Crippen molar-refractivity contribution in [3.63, 3.8) is 0 Å². The van der Waals surface area contributed by atoms with Crippen LogP contribution in [0.4, 0.5) is 5.69 Å². The molecule has 0 aromatic heterocycles. The third-order valence-electron chi connectivity index (χ3n) is 2.98. The van der Waals surface area contributed by atoms with E-state index in [1.54, 1.807) is 43.3 Å². The predicted octanol–water partition coefficient (Wildman–Crippen LogP) is 5.36. The van der Waals surface area contributed by atoms with Gasteiger partial charge in [-0.25, -0.2) is 0 Å². The minimum Gasteiger partial charge on any atom is -0.479 e. The van der Waals surface area contributed by atoms with Crippen LogP contribution in [0.15, 0.2) is 36.4 Å². The summed E-state index contributed by atoms with van der Waals surface area (Å²) >= 11 is 17.9. The van der Waals surface area contributed by atoms with Gasteiger partial charge in [-0.15, -0.1) is 0 Å². The van der Waals surface area contributed by atoms with Gasteiger partial charge < -0.3 is 10.1 Å². The Kier molecular flexibility index (Phi) is 5.57. The molecule has 1 N–H and O–H groups in total. The molecule has 0 aliphatic rings. The lowest BCUT2D eigenvalue weighted by molar-refractivity contribution is -0.122. The number of benzene rings is 2. The first-order chi connectivity index (χ1) is 10.4. The van der Waals surface area contributed by atoms with Crippen LogP contribution in [0.2, 0.25) is 15.1 Å². The minimum atomic E-state index is -0.725.